The molecule has 0 aliphatic heterocycles. The van der Waals surface area contributed by atoms with Crippen molar-refractivity contribution in [1.82, 2.24) is 9.62 Å². The SMILES string of the molecule is CNC(=O)CCN(C)S(=O)(=O)c1cc(C(=O)O)sc1Br. The van der Waals surface area contributed by atoms with E-state index in [9.17, 15) is 18.0 Å². The minimum atomic E-state index is -3.83. The van der Waals surface area contributed by atoms with Crippen molar-refractivity contribution in [2.75, 3.05) is 20.6 Å². The lowest BCUT2D eigenvalue weighted by Gasteiger charge is -2.16. The molecule has 0 aromatic carbocycles. The highest BCUT2D eigenvalue weighted by Gasteiger charge is 2.27. The van der Waals surface area contributed by atoms with Crippen LogP contribution in [-0.2, 0) is 14.8 Å². The zero-order valence-electron chi connectivity index (χ0n) is 10.7. The molecule has 2 N–H and O–H groups in total. The number of hydrogen-bond donors (Lipinski definition) is 2. The fourth-order valence-corrected chi connectivity index (χ4v) is 4.83. The fraction of sp³-hybridized carbons (Fsp3) is 0.400. The summed E-state index contributed by atoms with van der Waals surface area (Å²) in [6.07, 6.45) is 0.0276. The first-order chi connectivity index (χ1) is 9.20. The number of sulfonamides is 1. The average molecular weight is 385 g/mol. The van der Waals surface area contributed by atoms with Crippen molar-refractivity contribution in [3.8, 4) is 0 Å². The monoisotopic (exact) mass is 384 g/mol. The molecule has 7 nitrogen and oxygen atoms in total. The van der Waals surface area contributed by atoms with Crippen molar-refractivity contribution in [2.45, 2.75) is 11.3 Å². The third-order valence-corrected chi connectivity index (χ3v) is 6.58. The number of thiophene rings is 1. The van der Waals surface area contributed by atoms with Gasteiger partial charge in [-0.25, -0.2) is 17.5 Å². The number of carbonyl (C=O) groups excluding carboxylic acids is 1. The van der Waals surface area contributed by atoms with Crippen LogP contribution >= 0.6 is 27.3 Å². The number of nitrogens with zero attached hydrogens (tertiary/aromatic N) is 1. The Morgan fingerprint density at radius 3 is 2.55 bits per heavy atom. The van der Waals surface area contributed by atoms with E-state index in [4.69, 9.17) is 5.11 Å². The summed E-state index contributed by atoms with van der Waals surface area (Å²) in [6, 6.07) is 1.10. The molecule has 1 aromatic heterocycles. The Balaban J connectivity index is 2.98. The molecule has 1 aromatic rings. The normalized spacial score (nSPS) is 11.6. The first-order valence-electron chi connectivity index (χ1n) is 5.39. The zero-order valence-corrected chi connectivity index (χ0v) is 13.9. The van der Waals surface area contributed by atoms with E-state index in [0.29, 0.717) is 0 Å². The first kappa shape index (κ1) is 17.1. The molecular weight excluding hydrogens is 372 g/mol. The summed E-state index contributed by atoms with van der Waals surface area (Å²) in [5, 5.41) is 11.3. The minimum Gasteiger partial charge on any atom is -0.477 e. The van der Waals surface area contributed by atoms with Crippen LogP contribution in [-0.4, -0.2) is 50.3 Å². The highest BCUT2D eigenvalue weighted by atomic mass is 79.9. The van der Waals surface area contributed by atoms with Crippen LogP contribution in [0.15, 0.2) is 14.7 Å². The Morgan fingerprint density at radius 2 is 2.10 bits per heavy atom. The maximum absolute atomic E-state index is 12.3. The van der Waals surface area contributed by atoms with Gasteiger partial charge in [0, 0.05) is 27.1 Å². The third kappa shape index (κ3) is 3.78. The molecule has 1 heterocycles. The van der Waals surface area contributed by atoms with Gasteiger partial charge in [0.15, 0.2) is 0 Å². The number of aromatic carboxylic acids is 1. The van der Waals surface area contributed by atoms with Crippen molar-refractivity contribution < 1.29 is 23.1 Å². The van der Waals surface area contributed by atoms with Crippen LogP contribution in [0.1, 0.15) is 16.1 Å². The van der Waals surface area contributed by atoms with Gasteiger partial charge in [-0.15, -0.1) is 11.3 Å². The van der Waals surface area contributed by atoms with Crippen LogP contribution in [0.4, 0.5) is 0 Å². The molecule has 20 heavy (non-hydrogen) atoms. The summed E-state index contributed by atoms with van der Waals surface area (Å²) >= 11 is 3.88. The maximum Gasteiger partial charge on any atom is 0.345 e. The Morgan fingerprint density at radius 1 is 1.50 bits per heavy atom. The number of nitrogens with one attached hydrogen (secondary N) is 1. The molecule has 0 aliphatic rings. The van der Waals surface area contributed by atoms with Gasteiger partial charge in [-0.05, 0) is 22.0 Å². The molecule has 10 heteroatoms. The first-order valence-corrected chi connectivity index (χ1v) is 8.44. The lowest BCUT2D eigenvalue weighted by atomic mass is 10.4. The smallest absolute Gasteiger partial charge is 0.345 e. The fourth-order valence-electron chi connectivity index (χ4n) is 1.31. The van der Waals surface area contributed by atoms with E-state index in [-0.39, 0.29) is 32.4 Å². The molecule has 0 atom stereocenters. The van der Waals surface area contributed by atoms with Crippen molar-refractivity contribution >= 4 is 49.2 Å². The second-order valence-corrected chi connectivity index (χ2v) is 8.19. The predicted octanol–water partition coefficient (Wildman–Crippen LogP) is 0.965. The summed E-state index contributed by atoms with van der Waals surface area (Å²) in [5.41, 5.74) is 0. The second-order valence-electron chi connectivity index (χ2n) is 3.80. The standard InChI is InChI=1S/C10H13BrN2O5S2/c1-12-8(14)3-4-13(2)20(17,18)7-5-6(10(15)16)19-9(7)11/h5H,3-4H2,1-2H3,(H,12,14)(H,15,16). The summed E-state index contributed by atoms with van der Waals surface area (Å²) < 4.78 is 25.8. The topological polar surface area (TPSA) is 104 Å². The molecule has 0 saturated heterocycles. The van der Waals surface area contributed by atoms with Gasteiger partial charge < -0.3 is 10.4 Å². The Hall–Kier alpha value is -0.970. The summed E-state index contributed by atoms with van der Waals surface area (Å²) in [4.78, 5) is 21.8. The van der Waals surface area contributed by atoms with E-state index in [0.717, 1.165) is 21.7 Å². The Bertz CT molecular complexity index is 626. The number of carboxylic acid groups (broad SMARTS) is 1. The molecule has 1 rings (SSSR count). The van der Waals surface area contributed by atoms with Crippen molar-refractivity contribution in [1.29, 1.82) is 0 Å². The van der Waals surface area contributed by atoms with Crippen LogP contribution in [0.25, 0.3) is 0 Å². The molecular formula is C10H13BrN2O5S2. The molecule has 0 bridgehead atoms. The van der Waals surface area contributed by atoms with Crippen molar-refractivity contribution in [3.63, 3.8) is 0 Å². The van der Waals surface area contributed by atoms with Gasteiger partial charge in [0.1, 0.15) is 9.77 Å². The van der Waals surface area contributed by atoms with Crippen LogP contribution in [0, 0.1) is 0 Å². The third-order valence-electron chi connectivity index (χ3n) is 2.49. The summed E-state index contributed by atoms with van der Waals surface area (Å²) in [5.74, 6) is -1.46. The van der Waals surface area contributed by atoms with Gasteiger partial charge in [0.2, 0.25) is 15.9 Å². The second kappa shape index (κ2) is 6.66. The number of halogens is 1. The summed E-state index contributed by atoms with van der Waals surface area (Å²) in [7, 11) is -1.03. The lowest BCUT2D eigenvalue weighted by Crippen LogP contribution is -2.31. The van der Waals surface area contributed by atoms with Gasteiger partial charge in [-0.1, -0.05) is 0 Å². The number of carboxylic acids is 1. The zero-order chi connectivity index (χ0) is 15.5. The minimum absolute atomic E-state index is 0.00664. The van der Waals surface area contributed by atoms with Crippen molar-refractivity contribution in [2.24, 2.45) is 0 Å². The van der Waals surface area contributed by atoms with Crippen LogP contribution < -0.4 is 5.32 Å². The van der Waals surface area contributed by atoms with E-state index < -0.39 is 16.0 Å². The van der Waals surface area contributed by atoms with E-state index >= 15 is 0 Å². The molecule has 0 saturated carbocycles. The molecule has 112 valence electrons. The lowest BCUT2D eigenvalue weighted by molar-refractivity contribution is -0.120. The highest BCUT2D eigenvalue weighted by molar-refractivity contribution is 9.11. The molecule has 0 unspecified atom stereocenters. The van der Waals surface area contributed by atoms with Gasteiger partial charge in [-0.3, -0.25) is 4.79 Å². The van der Waals surface area contributed by atoms with Gasteiger partial charge in [0.25, 0.3) is 0 Å². The van der Waals surface area contributed by atoms with Gasteiger partial charge in [-0.2, -0.15) is 0 Å². The summed E-state index contributed by atoms with van der Waals surface area (Å²) in [6.45, 7) is 0.00664. The average Bonchev–Trinajstić information content (AvgIpc) is 2.78. The van der Waals surface area contributed by atoms with E-state index in [1.54, 1.807) is 0 Å². The number of rotatable bonds is 6. The van der Waals surface area contributed by atoms with E-state index in [1.165, 1.54) is 14.1 Å². The highest BCUT2D eigenvalue weighted by Crippen LogP contribution is 2.33. The van der Waals surface area contributed by atoms with Gasteiger partial charge in [0.05, 0.1) is 3.79 Å². The van der Waals surface area contributed by atoms with Crippen LogP contribution in [0.2, 0.25) is 0 Å². The quantitative estimate of drug-likeness (QED) is 0.760. The van der Waals surface area contributed by atoms with Gasteiger partial charge >= 0.3 is 5.97 Å². The van der Waals surface area contributed by atoms with Crippen LogP contribution in [0.5, 0.6) is 0 Å². The molecule has 1 amide bonds. The van der Waals surface area contributed by atoms with Crippen molar-refractivity contribution in [3.05, 3.63) is 14.7 Å². The Labute approximate surface area is 128 Å². The number of hydrogen-bond acceptors (Lipinski definition) is 5. The molecule has 0 aliphatic carbocycles. The molecule has 0 radical (unpaired) electrons. The Kier molecular flexibility index (Phi) is 5.68. The predicted molar refractivity (Wildman–Crippen MR) is 77.5 cm³/mol. The van der Waals surface area contributed by atoms with E-state index in [2.05, 4.69) is 21.2 Å². The molecule has 0 fully saturated rings. The van der Waals surface area contributed by atoms with Crippen LogP contribution in [0.3, 0.4) is 0 Å². The number of amides is 1. The maximum atomic E-state index is 12.3. The largest absolute Gasteiger partial charge is 0.477 e. The molecule has 0 spiro atoms. The number of carbonyl (C=O) groups is 2. The van der Waals surface area contributed by atoms with E-state index in [1.807, 2.05) is 0 Å².